The summed E-state index contributed by atoms with van der Waals surface area (Å²) in [5.74, 6) is 0. The van der Waals surface area contributed by atoms with Gasteiger partial charge in [-0.2, -0.15) is 0 Å². The minimum atomic E-state index is -0.520. The van der Waals surface area contributed by atoms with E-state index in [0.717, 1.165) is 32.7 Å². The molecule has 1 aliphatic carbocycles. The topological polar surface area (TPSA) is 3.24 Å². The largest absolute Gasteiger partial charge is 0.310 e. The van der Waals surface area contributed by atoms with E-state index in [-0.39, 0.29) is 0 Å². The van der Waals surface area contributed by atoms with Gasteiger partial charge in [-0.15, -0.1) is 0 Å². The van der Waals surface area contributed by atoms with E-state index >= 15 is 0 Å². The molecule has 50 heavy (non-hydrogen) atoms. The fourth-order valence-electron chi connectivity index (χ4n) is 7.77. The minimum Gasteiger partial charge on any atom is -0.310 e. The predicted octanol–water partition coefficient (Wildman–Crippen LogP) is 13.5. The van der Waals surface area contributed by atoms with Crippen LogP contribution in [0.5, 0.6) is 0 Å². The van der Waals surface area contributed by atoms with Crippen LogP contribution in [0, 0.1) is 0 Å². The molecular weight excluding hydrogens is 670 g/mol. The molecule has 2 heteroatoms. The number of allylic oxidation sites excluding steroid dienone is 3. The molecule has 0 radical (unpaired) electrons. The highest BCUT2D eigenvalue weighted by Gasteiger charge is 2.46. The first kappa shape index (κ1) is 31.6. The zero-order valence-corrected chi connectivity index (χ0v) is 29.5. The molecule has 0 N–H and O–H groups in total. The van der Waals surface area contributed by atoms with Gasteiger partial charge in [0.05, 0.1) is 11.1 Å². The molecule has 0 aromatic heterocycles. The third kappa shape index (κ3) is 5.24. The fourth-order valence-corrected chi connectivity index (χ4v) is 8.35. The monoisotopic (exact) mass is 705 g/mol. The zero-order chi connectivity index (χ0) is 34.1. The highest BCUT2D eigenvalue weighted by Crippen LogP contribution is 2.58. The molecular formula is C48H36BrN. The van der Waals surface area contributed by atoms with Gasteiger partial charge in [-0.25, -0.2) is 0 Å². The molecule has 0 amide bonds. The summed E-state index contributed by atoms with van der Waals surface area (Å²) in [5, 5.41) is 0. The summed E-state index contributed by atoms with van der Waals surface area (Å²) < 4.78 is 1.11. The number of rotatable bonds is 8. The van der Waals surface area contributed by atoms with Gasteiger partial charge >= 0.3 is 0 Å². The highest BCUT2D eigenvalue weighted by atomic mass is 79.9. The number of halogens is 1. The van der Waals surface area contributed by atoms with Crippen LogP contribution in [0.15, 0.2) is 199 Å². The first-order chi connectivity index (χ1) is 24.6. The molecule has 0 saturated heterocycles. The number of hydrogen-bond donors (Lipinski definition) is 0. The molecule has 0 saturated carbocycles. The lowest BCUT2D eigenvalue weighted by Gasteiger charge is -2.35. The van der Waals surface area contributed by atoms with Gasteiger partial charge in [0.25, 0.3) is 0 Å². The van der Waals surface area contributed by atoms with Crippen molar-refractivity contribution < 1.29 is 0 Å². The maximum absolute atomic E-state index is 4.00. The summed E-state index contributed by atoms with van der Waals surface area (Å²) in [6.07, 6.45) is 3.95. The maximum Gasteiger partial charge on any atom is 0.0714 e. The number of fused-ring (bicyclic) bond motifs is 3. The summed E-state index contributed by atoms with van der Waals surface area (Å²) in [7, 11) is 0. The molecule has 240 valence electrons. The van der Waals surface area contributed by atoms with Crippen molar-refractivity contribution in [2.45, 2.75) is 12.3 Å². The lowest BCUT2D eigenvalue weighted by atomic mass is 9.67. The Labute approximate surface area is 303 Å². The van der Waals surface area contributed by atoms with Crippen LogP contribution in [0.4, 0.5) is 17.1 Å². The highest BCUT2D eigenvalue weighted by molar-refractivity contribution is 9.10. The molecule has 7 aromatic carbocycles. The van der Waals surface area contributed by atoms with Crippen molar-refractivity contribution in [1.82, 2.24) is 0 Å². The van der Waals surface area contributed by atoms with Crippen molar-refractivity contribution >= 4 is 38.6 Å². The third-order valence-electron chi connectivity index (χ3n) is 9.93. The molecule has 0 fully saturated rings. The summed E-state index contributed by atoms with van der Waals surface area (Å²) in [6.45, 7) is 6.15. The van der Waals surface area contributed by atoms with Crippen molar-refractivity contribution in [3.63, 3.8) is 0 Å². The Morgan fingerprint density at radius 1 is 0.580 bits per heavy atom. The van der Waals surface area contributed by atoms with Gasteiger partial charge in [0.1, 0.15) is 0 Å². The summed E-state index contributed by atoms with van der Waals surface area (Å²) in [6, 6.07) is 63.8. The molecule has 1 aliphatic rings. The average molecular weight is 707 g/mol. The van der Waals surface area contributed by atoms with Crippen LogP contribution in [-0.2, 0) is 5.41 Å². The third-order valence-corrected chi connectivity index (χ3v) is 10.6. The van der Waals surface area contributed by atoms with Gasteiger partial charge in [0.2, 0.25) is 0 Å². The summed E-state index contributed by atoms with van der Waals surface area (Å²) in [4.78, 5) is 2.40. The molecule has 7 aromatic rings. The quantitative estimate of drug-likeness (QED) is 0.142. The van der Waals surface area contributed by atoms with Crippen LogP contribution >= 0.6 is 15.9 Å². The molecule has 0 spiro atoms. The fraction of sp³-hybridized carbons (Fsp3) is 0.0417. The normalized spacial score (nSPS) is 14.9. The lowest BCUT2D eigenvalue weighted by molar-refractivity contribution is 0.768. The van der Waals surface area contributed by atoms with Crippen molar-refractivity contribution in [3.05, 3.63) is 227 Å². The van der Waals surface area contributed by atoms with E-state index in [0.29, 0.717) is 0 Å². The van der Waals surface area contributed by atoms with E-state index in [1.807, 2.05) is 6.08 Å². The van der Waals surface area contributed by atoms with Gasteiger partial charge in [-0.05, 0) is 87.8 Å². The van der Waals surface area contributed by atoms with E-state index in [2.05, 4.69) is 216 Å². The molecule has 8 rings (SSSR count). The molecule has 1 atom stereocenters. The Bertz CT molecular complexity index is 2360. The number of nitrogens with zero attached hydrogens (tertiary/aromatic N) is 1. The van der Waals surface area contributed by atoms with Crippen LogP contribution in [-0.4, -0.2) is 0 Å². The number of anilines is 3. The summed E-state index contributed by atoms with van der Waals surface area (Å²) in [5.41, 5.74) is 15.0. The Balaban J connectivity index is 1.39. The van der Waals surface area contributed by atoms with Gasteiger partial charge in [0.15, 0.2) is 0 Å². The van der Waals surface area contributed by atoms with Gasteiger partial charge < -0.3 is 4.90 Å². The number of para-hydroxylation sites is 1. The number of hydrogen-bond acceptors (Lipinski definition) is 1. The Kier molecular flexibility index (Phi) is 8.40. The van der Waals surface area contributed by atoms with Gasteiger partial charge in [-0.1, -0.05) is 174 Å². The second-order valence-electron chi connectivity index (χ2n) is 12.7. The molecule has 0 aliphatic heterocycles. The Morgan fingerprint density at radius 3 is 1.98 bits per heavy atom. The predicted molar refractivity (Wildman–Crippen MR) is 215 cm³/mol. The van der Waals surface area contributed by atoms with E-state index in [1.165, 1.54) is 44.5 Å². The van der Waals surface area contributed by atoms with E-state index in [9.17, 15) is 0 Å². The summed E-state index contributed by atoms with van der Waals surface area (Å²) >= 11 is 3.95. The van der Waals surface area contributed by atoms with E-state index in [4.69, 9.17) is 0 Å². The second kappa shape index (κ2) is 13.3. The van der Waals surface area contributed by atoms with Gasteiger partial charge in [0, 0.05) is 27.0 Å². The standard InChI is InChI=1S/C48H36BrN/c1-3-16-34(2)41-23-11-13-28-46(41)50(39-31-29-36(30-32-39)35-17-6-4-7-18-35)40-22-14-21-38(33-40)48(37-19-8-5-9-20-37)43-25-12-10-24-42(43)47-44(48)26-15-27-45(47)49/h3-33H,1H2,2H3. The van der Waals surface area contributed by atoms with Crippen LogP contribution in [0.1, 0.15) is 34.7 Å². The smallest absolute Gasteiger partial charge is 0.0714 e. The van der Waals surface area contributed by atoms with Gasteiger partial charge in [-0.3, -0.25) is 0 Å². The van der Waals surface area contributed by atoms with E-state index in [1.54, 1.807) is 0 Å². The van der Waals surface area contributed by atoms with Crippen molar-refractivity contribution in [2.75, 3.05) is 4.90 Å². The first-order valence-electron chi connectivity index (χ1n) is 17.0. The second-order valence-corrected chi connectivity index (χ2v) is 13.6. The minimum absolute atomic E-state index is 0.520. The molecule has 1 unspecified atom stereocenters. The van der Waals surface area contributed by atoms with Crippen LogP contribution in [0.2, 0.25) is 0 Å². The number of benzene rings is 7. The van der Waals surface area contributed by atoms with Crippen molar-refractivity contribution in [2.24, 2.45) is 0 Å². The van der Waals surface area contributed by atoms with Crippen LogP contribution < -0.4 is 4.90 Å². The van der Waals surface area contributed by atoms with Crippen LogP contribution in [0.25, 0.3) is 27.8 Å². The van der Waals surface area contributed by atoms with Crippen molar-refractivity contribution in [1.29, 1.82) is 0 Å². The lowest BCUT2D eigenvalue weighted by Crippen LogP contribution is -2.29. The zero-order valence-electron chi connectivity index (χ0n) is 27.9. The molecule has 0 heterocycles. The molecule has 0 bridgehead atoms. The van der Waals surface area contributed by atoms with Crippen LogP contribution in [0.3, 0.4) is 0 Å². The Hall–Kier alpha value is -5.70. The maximum atomic E-state index is 4.00. The molecule has 1 nitrogen and oxygen atoms in total. The average Bonchev–Trinajstić information content (AvgIpc) is 3.48. The van der Waals surface area contributed by atoms with E-state index < -0.39 is 5.41 Å². The Morgan fingerprint density at radius 2 is 1.20 bits per heavy atom. The SMILES string of the molecule is C=CC=C(C)c1ccccc1N(c1ccc(-c2ccccc2)cc1)c1cccc(C2(c3ccccc3)c3ccccc3-c3c(Br)cccc32)c1. The van der Waals surface area contributed by atoms with Crippen molar-refractivity contribution in [3.8, 4) is 22.3 Å². The first-order valence-corrected chi connectivity index (χ1v) is 17.8.